The highest BCUT2D eigenvalue weighted by Crippen LogP contribution is 2.22. The van der Waals surface area contributed by atoms with E-state index in [1.807, 2.05) is 13.0 Å². The number of hydrogen-bond donors (Lipinski definition) is 0. The second kappa shape index (κ2) is 6.71. The molecule has 0 aromatic carbocycles. The van der Waals surface area contributed by atoms with Crippen LogP contribution < -0.4 is 0 Å². The minimum atomic E-state index is 1.19. The van der Waals surface area contributed by atoms with E-state index in [0.717, 1.165) is 0 Å². The van der Waals surface area contributed by atoms with Crippen molar-refractivity contribution in [3.8, 4) is 0 Å². The maximum absolute atomic E-state index is 2.41. The highest BCUT2D eigenvalue weighted by atomic mass is 14.1. The predicted molar refractivity (Wildman–Crippen MR) is 59.4 cm³/mol. The molecule has 0 nitrogen and oxygen atoms in total. The van der Waals surface area contributed by atoms with Crippen molar-refractivity contribution in [3.05, 3.63) is 42.4 Å². The van der Waals surface area contributed by atoms with Crippen LogP contribution in [0.1, 0.15) is 39.0 Å². The van der Waals surface area contributed by atoms with Crippen molar-refractivity contribution in [1.82, 2.24) is 0 Å². The Balaban J connectivity index is 2.00. The normalized spacial score (nSPS) is 17.5. The van der Waals surface area contributed by atoms with Gasteiger partial charge < -0.3 is 0 Å². The Morgan fingerprint density at radius 1 is 1.31 bits per heavy atom. The molecule has 0 aromatic rings. The molecule has 0 saturated carbocycles. The van der Waals surface area contributed by atoms with E-state index in [9.17, 15) is 0 Å². The monoisotopic (exact) mass is 175 g/mol. The van der Waals surface area contributed by atoms with E-state index in [1.165, 1.54) is 32.1 Å². The molecule has 1 rings (SSSR count). The summed E-state index contributed by atoms with van der Waals surface area (Å²) in [6, 6.07) is 0. The molecule has 0 saturated heterocycles. The Morgan fingerprint density at radius 2 is 2.23 bits per heavy atom. The summed E-state index contributed by atoms with van der Waals surface area (Å²) in [4.78, 5) is 0. The maximum atomic E-state index is 2.41. The van der Waals surface area contributed by atoms with Crippen LogP contribution in [-0.2, 0) is 0 Å². The van der Waals surface area contributed by atoms with E-state index in [-0.39, 0.29) is 0 Å². The van der Waals surface area contributed by atoms with Gasteiger partial charge >= 0.3 is 0 Å². The predicted octanol–water partition coefficient (Wildman–Crippen LogP) is 4.21. The molecule has 1 radical (unpaired) electrons. The molecule has 71 valence electrons. The lowest BCUT2D eigenvalue weighted by Gasteiger charge is -1.97. The summed E-state index contributed by atoms with van der Waals surface area (Å²) < 4.78 is 0. The summed E-state index contributed by atoms with van der Waals surface area (Å²) in [5.74, 6) is 0. The highest BCUT2D eigenvalue weighted by molar-refractivity contribution is 5.11. The summed E-state index contributed by atoms with van der Waals surface area (Å²) >= 11 is 0. The largest absolute Gasteiger partial charge is 0.0877 e. The molecule has 0 N–H and O–H groups in total. The maximum Gasteiger partial charge on any atom is -0.0164 e. The minimum Gasteiger partial charge on any atom is -0.0877 e. The fourth-order valence-electron chi connectivity index (χ4n) is 1.58. The summed E-state index contributed by atoms with van der Waals surface area (Å²) in [7, 11) is 0. The zero-order valence-electron chi connectivity index (χ0n) is 8.50. The van der Waals surface area contributed by atoms with Gasteiger partial charge in [0.25, 0.3) is 0 Å². The zero-order valence-corrected chi connectivity index (χ0v) is 8.50. The average molecular weight is 175 g/mol. The topological polar surface area (TPSA) is 0 Å². The summed E-state index contributed by atoms with van der Waals surface area (Å²) in [6.07, 6.45) is 19.5. The third-order valence-electron chi connectivity index (χ3n) is 2.32. The van der Waals surface area contributed by atoms with Crippen LogP contribution in [0.15, 0.2) is 36.0 Å². The van der Waals surface area contributed by atoms with Crippen LogP contribution in [0.2, 0.25) is 0 Å². The Morgan fingerprint density at radius 3 is 2.92 bits per heavy atom. The fraction of sp³-hybridized carbons (Fsp3) is 0.462. The van der Waals surface area contributed by atoms with Crippen molar-refractivity contribution in [2.75, 3.05) is 0 Å². The lowest BCUT2D eigenvalue weighted by atomic mass is 10.1. The van der Waals surface area contributed by atoms with Crippen LogP contribution in [0.4, 0.5) is 0 Å². The Bertz CT molecular complexity index is 206. The zero-order chi connectivity index (χ0) is 9.36. The molecule has 1 aliphatic carbocycles. The molecule has 0 heterocycles. The Hall–Kier alpha value is -0.780. The molecule has 0 unspecified atom stereocenters. The van der Waals surface area contributed by atoms with Crippen LogP contribution in [-0.4, -0.2) is 0 Å². The molecule has 0 aromatic heterocycles. The molecular weight excluding hydrogens is 156 g/mol. The lowest BCUT2D eigenvalue weighted by Crippen LogP contribution is -1.78. The summed E-state index contributed by atoms with van der Waals surface area (Å²) in [5, 5.41) is 0. The number of hydrogen-bond acceptors (Lipinski definition) is 0. The van der Waals surface area contributed by atoms with Gasteiger partial charge in [-0.05, 0) is 45.4 Å². The van der Waals surface area contributed by atoms with E-state index in [0.29, 0.717) is 0 Å². The molecular formula is C13H19. The standard InChI is InChI=1S/C13H19/c1-2-3-4-5-6-7-10-13-11-8-9-12-13/h2-6,11H,7-10,12H2,1H3/b3-2+,5-4+. The fourth-order valence-corrected chi connectivity index (χ4v) is 1.58. The number of allylic oxidation sites excluding steroid dienone is 6. The first-order valence-corrected chi connectivity index (χ1v) is 5.22. The molecule has 0 fully saturated rings. The number of rotatable bonds is 5. The van der Waals surface area contributed by atoms with Crippen molar-refractivity contribution in [2.45, 2.75) is 39.0 Å². The van der Waals surface area contributed by atoms with Gasteiger partial charge in [0.2, 0.25) is 0 Å². The number of unbranched alkanes of at least 4 members (excludes halogenated alkanes) is 1. The van der Waals surface area contributed by atoms with Crippen molar-refractivity contribution < 1.29 is 0 Å². The molecule has 0 spiro atoms. The van der Waals surface area contributed by atoms with Gasteiger partial charge in [-0.3, -0.25) is 0 Å². The van der Waals surface area contributed by atoms with Gasteiger partial charge in [0.1, 0.15) is 0 Å². The van der Waals surface area contributed by atoms with Crippen molar-refractivity contribution in [3.63, 3.8) is 0 Å². The molecule has 0 atom stereocenters. The van der Waals surface area contributed by atoms with E-state index in [2.05, 4.69) is 30.7 Å². The Kier molecular flexibility index (Phi) is 5.31. The SMILES string of the molecule is C/C=C/C=C/[CH]CCC1=CCCC1. The van der Waals surface area contributed by atoms with Gasteiger partial charge in [-0.25, -0.2) is 0 Å². The van der Waals surface area contributed by atoms with Crippen molar-refractivity contribution >= 4 is 0 Å². The van der Waals surface area contributed by atoms with Crippen LogP contribution in [0.5, 0.6) is 0 Å². The van der Waals surface area contributed by atoms with Crippen LogP contribution in [0.25, 0.3) is 0 Å². The third-order valence-corrected chi connectivity index (χ3v) is 2.32. The van der Waals surface area contributed by atoms with Crippen LogP contribution >= 0.6 is 0 Å². The Labute approximate surface area is 82.0 Å². The molecule has 0 aliphatic heterocycles. The van der Waals surface area contributed by atoms with Gasteiger partial charge in [0, 0.05) is 0 Å². The second-order valence-corrected chi connectivity index (χ2v) is 3.44. The first-order valence-electron chi connectivity index (χ1n) is 5.22. The molecule has 0 amide bonds. The van der Waals surface area contributed by atoms with Crippen molar-refractivity contribution in [2.24, 2.45) is 0 Å². The third kappa shape index (κ3) is 4.72. The van der Waals surface area contributed by atoms with Crippen molar-refractivity contribution in [1.29, 1.82) is 0 Å². The van der Waals surface area contributed by atoms with E-state index >= 15 is 0 Å². The minimum absolute atomic E-state index is 1.19. The molecule has 1 aliphatic rings. The van der Waals surface area contributed by atoms with Crippen LogP contribution in [0.3, 0.4) is 0 Å². The first kappa shape index (κ1) is 10.3. The smallest absolute Gasteiger partial charge is 0.0164 e. The highest BCUT2D eigenvalue weighted by Gasteiger charge is 2.02. The lowest BCUT2D eigenvalue weighted by molar-refractivity contribution is 0.845. The molecule has 0 bridgehead atoms. The average Bonchev–Trinajstić information content (AvgIpc) is 2.63. The van der Waals surface area contributed by atoms with E-state index in [4.69, 9.17) is 0 Å². The quantitative estimate of drug-likeness (QED) is 0.333. The van der Waals surface area contributed by atoms with Gasteiger partial charge in [0.05, 0.1) is 0 Å². The van der Waals surface area contributed by atoms with Gasteiger partial charge in [-0.1, -0.05) is 36.0 Å². The first-order chi connectivity index (χ1) is 6.43. The molecule has 13 heavy (non-hydrogen) atoms. The van der Waals surface area contributed by atoms with E-state index < -0.39 is 0 Å². The molecule has 0 heteroatoms. The van der Waals surface area contributed by atoms with Gasteiger partial charge in [-0.2, -0.15) is 0 Å². The van der Waals surface area contributed by atoms with Gasteiger partial charge in [-0.15, -0.1) is 0 Å². The van der Waals surface area contributed by atoms with Gasteiger partial charge in [0.15, 0.2) is 0 Å². The summed E-state index contributed by atoms with van der Waals surface area (Å²) in [5.41, 5.74) is 1.66. The second-order valence-electron chi connectivity index (χ2n) is 3.44. The summed E-state index contributed by atoms with van der Waals surface area (Å²) in [6.45, 7) is 2.04. The van der Waals surface area contributed by atoms with E-state index in [1.54, 1.807) is 5.57 Å². The van der Waals surface area contributed by atoms with Crippen LogP contribution in [0, 0.1) is 6.42 Å².